The third-order valence-electron chi connectivity index (χ3n) is 10.6. The van der Waals surface area contributed by atoms with Crippen LogP contribution >= 0.6 is 46.4 Å². The van der Waals surface area contributed by atoms with Gasteiger partial charge in [-0.15, -0.1) is 5.56 Å². The molecule has 2 atom stereocenters. The molecule has 4 aromatic carbocycles. The van der Waals surface area contributed by atoms with Crippen molar-refractivity contribution in [1.82, 2.24) is 29.9 Å². The number of fused-ring (bicyclic) bond motifs is 1. The summed E-state index contributed by atoms with van der Waals surface area (Å²) in [6, 6.07) is 35.7. The van der Waals surface area contributed by atoms with Crippen LogP contribution in [0.1, 0.15) is 35.5 Å². The maximum absolute atomic E-state index is 12.2. The normalized spacial score (nSPS) is 11.1. The standard InChI is InChI=1S/C16H17ClN2O5.C15H13ClN2O4.C12H15O4.C10H8O3.C4H2Cl2N2.CH2O3.CH3O.3K.2Na.H2O4S.H2O.H/c1-21-15(20)14(16(22-2)23-3)10-6-4-5-7-11(10)24-13-8-12(17)18-9-19-13;1-20-8-11(15(19)21-2)10-5-3-4-6-12(10)22-14-7-13(16)17-9-18-14;1-14-11(13)10(12(15-2)16-3)9-7-5-4-6-8-9;1-12-6-8-7-4-2-3-5-9(7)13-10(8)11;5-3-1-4(6)8-2-7-3;2-1-4-3;1-2;;;;;;1-5(2,3)4;;/h4-9,14,16H,1-3H3;3-9H,1-2H3;4-7,10,12H,1-3H3;2-6H,1H3;1-2H;1,3H;1H3;;;;;;(H2,1,2,3,4);1H2;/q;;-1;;;;-1;5*+1;;;-1/p-3/b;11-8+;;8-6-;;;;;;;;;;;. The molecular formula is C59H62Cl4K3N6Na2O25S-. The molecule has 0 saturated carbocycles. The van der Waals surface area contributed by atoms with Gasteiger partial charge in [0.05, 0.1) is 48.1 Å². The Morgan fingerprint density at radius 3 is 1.45 bits per heavy atom. The van der Waals surface area contributed by atoms with Crippen LogP contribution in [0.3, 0.4) is 0 Å². The van der Waals surface area contributed by atoms with Crippen molar-refractivity contribution in [3.8, 4) is 29.0 Å². The number of methoxy groups -OCH3 is 9. The SMILES string of the molecule is CO/C=C(/C(=O)OC)c1ccccc1Oc1cc(Cl)ncn1.CO/C=C1\C(=O)Oc2ccccc21.COC(=O)C(c1[c-]cccc1)C(OC)OC.COC(=O)C(c1ccccc1Oc1cc(Cl)ncn1)C(OC)OC.C[O-].Clc1cc(Cl)ncn1.O=CO[O-].O=S(=O)([O-])O.[H-].[K+].[K+].[K+].[Na+].[Na+].[OH-]. The van der Waals surface area contributed by atoms with Crippen LogP contribution in [0, 0.1) is 6.07 Å². The molecule has 41 heteroatoms. The summed E-state index contributed by atoms with van der Waals surface area (Å²) in [6.45, 7) is -0.181. The van der Waals surface area contributed by atoms with E-state index in [2.05, 4.69) is 40.9 Å². The van der Waals surface area contributed by atoms with Crippen LogP contribution in [-0.2, 0) is 81.9 Å². The molecule has 0 spiro atoms. The number of hydrogen-bond donors (Lipinski definition) is 1. The summed E-state index contributed by atoms with van der Waals surface area (Å²) in [5.41, 5.74) is 3.20. The Morgan fingerprint density at radius 1 is 0.610 bits per heavy atom. The fraction of sp³-hybridized carbons (Fsp3) is 0.237. The van der Waals surface area contributed by atoms with Crippen molar-refractivity contribution in [2.24, 2.45) is 0 Å². The van der Waals surface area contributed by atoms with Crippen LogP contribution in [0.15, 0.2) is 147 Å². The van der Waals surface area contributed by atoms with Crippen molar-refractivity contribution < 1.29 is 334 Å². The number of carbonyl (C=O) groups excluding carboxylic acids is 5. The van der Waals surface area contributed by atoms with E-state index in [0.717, 1.165) is 12.7 Å². The van der Waals surface area contributed by atoms with E-state index in [9.17, 15) is 19.2 Å². The molecular weight excluding hydrogens is 1530 g/mol. The van der Waals surface area contributed by atoms with Crippen LogP contribution < -0.4 is 238 Å². The first-order valence-corrected chi connectivity index (χ1v) is 28.4. The molecule has 1 aliphatic heterocycles. The number of nitrogens with zero attached hydrogens (tertiary/aromatic N) is 6. The van der Waals surface area contributed by atoms with Gasteiger partial charge in [0.15, 0.2) is 12.6 Å². The van der Waals surface area contributed by atoms with Gasteiger partial charge in [0.2, 0.25) is 22.2 Å². The van der Waals surface area contributed by atoms with Gasteiger partial charge in [0.1, 0.15) is 79.8 Å². The third kappa shape index (κ3) is 42.8. The summed E-state index contributed by atoms with van der Waals surface area (Å²) in [5.74, 6) is -1.37. The number of benzene rings is 4. The molecule has 7 aromatic rings. The van der Waals surface area contributed by atoms with Gasteiger partial charge in [0, 0.05) is 63.3 Å². The monoisotopic (exact) mass is 1590 g/mol. The van der Waals surface area contributed by atoms with E-state index in [1.165, 1.54) is 114 Å². The number of halogens is 4. The molecule has 0 fully saturated rings. The van der Waals surface area contributed by atoms with E-state index in [-0.39, 0.29) is 260 Å². The third-order valence-corrected chi connectivity index (χ3v) is 11.5. The molecule has 2 N–H and O–H groups in total. The predicted octanol–water partition coefficient (Wildman–Crippen LogP) is -8.01. The first-order valence-electron chi connectivity index (χ1n) is 25.6. The minimum absolute atomic E-state index is 0. The second kappa shape index (κ2) is 64.0. The molecule has 0 saturated heterocycles. The minimum Gasteiger partial charge on any atom is -1.00 e. The molecule has 8 rings (SSSR count). The molecule has 0 aliphatic carbocycles. The summed E-state index contributed by atoms with van der Waals surface area (Å²) in [7, 11) is 8.54. The Balaban J connectivity index is -0.000000213. The van der Waals surface area contributed by atoms with E-state index in [4.69, 9.17) is 136 Å². The second-order valence-electron chi connectivity index (χ2n) is 16.3. The van der Waals surface area contributed by atoms with E-state index in [1.54, 1.807) is 66.7 Å². The first kappa shape index (κ1) is 109. The molecule has 1 aliphatic rings. The first-order chi connectivity index (χ1) is 45.0. The smallest absolute Gasteiger partial charge is 1.00 e. The maximum atomic E-state index is 12.2. The van der Waals surface area contributed by atoms with E-state index in [1.807, 2.05) is 30.3 Å². The molecule has 31 nitrogen and oxygen atoms in total. The van der Waals surface area contributed by atoms with Crippen molar-refractivity contribution in [3.63, 3.8) is 0 Å². The number of aromatic nitrogens is 6. The van der Waals surface area contributed by atoms with Crippen molar-refractivity contribution in [1.29, 1.82) is 0 Å². The van der Waals surface area contributed by atoms with Crippen LogP contribution in [-0.4, -0.2) is 167 Å². The summed E-state index contributed by atoms with van der Waals surface area (Å²) in [4.78, 5) is 81.0. The molecule has 2 unspecified atom stereocenters. The molecule has 100 heavy (non-hydrogen) atoms. The second-order valence-corrected chi connectivity index (χ2v) is 18.7. The van der Waals surface area contributed by atoms with Gasteiger partial charge in [-0.1, -0.05) is 101 Å². The van der Waals surface area contributed by atoms with Crippen molar-refractivity contribution in [3.05, 3.63) is 196 Å². The number of rotatable bonds is 19. The van der Waals surface area contributed by atoms with Crippen molar-refractivity contribution >= 4 is 98.3 Å². The number of esters is 4. The fourth-order valence-electron chi connectivity index (χ4n) is 6.97. The van der Waals surface area contributed by atoms with Crippen LogP contribution in [0.2, 0.25) is 20.6 Å². The van der Waals surface area contributed by atoms with Crippen LogP contribution in [0.4, 0.5) is 0 Å². The van der Waals surface area contributed by atoms with E-state index >= 15 is 0 Å². The topological polar surface area (TPSA) is 436 Å². The molecule has 3 aromatic heterocycles. The van der Waals surface area contributed by atoms with E-state index < -0.39 is 52.7 Å². The Morgan fingerprint density at radius 2 is 1.03 bits per heavy atom. The molecule has 4 heterocycles. The van der Waals surface area contributed by atoms with Crippen LogP contribution in [0.5, 0.6) is 29.0 Å². The molecule has 0 amide bonds. The molecule has 0 bridgehead atoms. The Labute approximate surface area is 769 Å². The number of hydrogen-bond acceptors (Lipinski definition) is 30. The zero-order valence-electron chi connectivity index (χ0n) is 57.6. The van der Waals surface area contributed by atoms with Crippen LogP contribution in [0.25, 0.3) is 11.1 Å². The van der Waals surface area contributed by atoms with Gasteiger partial charge < -0.3 is 83.5 Å². The summed E-state index contributed by atoms with van der Waals surface area (Å²) >= 11 is 22.5. The van der Waals surface area contributed by atoms with Crippen molar-refractivity contribution in [2.75, 3.05) is 71.1 Å². The van der Waals surface area contributed by atoms with Crippen molar-refractivity contribution in [2.45, 2.75) is 24.4 Å². The zero-order chi connectivity index (χ0) is 70.6. The molecule has 518 valence electrons. The Hall–Kier alpha value is -2.19. The van der Waals surface area contributed by atoms with Gasteiger partial charge in [-0.05, 0) is 18.2 Å². The van der Waals surface area contributed by atoms with Gasteiger partial charge in [0.25, 0.3) is 6.47 Å². The van der Waals surface area contributed by atoms with Gasteiger partial charge in [-0.3, -0.25) is 18.9 Å². The fourth-order valence-corrected chi connectivity index (χ4v) is 7.60. The average Bonchev–Trinajstić information content (AvgIpc) is 1.62. The maximum Gasteiger partial charge on any atom is 1.00 e. The summed E-state index contributed by atoms with van der Waals surface area (Å²) in [6.07, 6.45) is 5.06. The van der Waals surface area contributed by atoms with Gasteiger partial charge in [-0.2, -0.15) is 37.4 Å². The zero-order valence-corrected chi connectivity index (χ0v) is 73.8. The van der Waals surface area contributed by atoms with E-state index in [0.29, 0.717) is 49.8 Å². The quantitative estimate of drug-likeness (QED) is 0.00623. The Kier molecular flexibility index (Phi) is 69.6. The predicted molar refractivity (Wildman–Crippen MR) is 332 cm³/mol. The van der Waals surface area contributed by atoms with Gasteiger partial charge in [-0.25, -0.2) is 47.9 Å². The average molecular weight is 1590 g/mol. The molecule has 0 radical (unpaired) electrons. The number of carbonyl (C=O) groups is 5. The number of para-hydroxylation sites is 3. The number of ether oxygens (including phenoxy) is 12. The summed E-state index contributed by atoms with van der Waals surface area (Å²) < 4.78 is 94.0. The van der Waals surface area contributed by atoms with Gasteiger partial charge >= 0.3 is 237 Å². The Bertz CT molecular complexity index is 3620. The summed E-state index contributed by atoms with van der Waals surface area (Å²) in [5, 5.41) is 17.9. The minimum atomic E-state index is -4.92. The largest absolute Gasteiger partial charge is 1.00 e.